The highest BCUT2D eigenvalue weighted by atomic mass is 16.6. The van der Waals surface area contributed by atoms with E-state index in [9.17, 15) is 19.2 Å². The van der Waals surface area contributed by atoms with E-state index in [-0.39, 0.29) is 37.6 Å². The first kappa shape index (κ1) is 29.3. The van der Waals surface area contributed by atoms with Gasteiger partial charge in [-0.25, -0.2) is 14.4 Å². The van der Waals surface area contributed by atoms with Crippen LogP contribution in [0.25, 0.3) is 0 Å². The Morgan fingerprint density at radius 1 is 0.767 bits per heavy atom. The summed E-state index contributed by atoms with van der Waals surface area (Å²) in [5.74, 6) is -1.19. The molecule has 222 valence electrons. The SMILES string of the molecule is O=C(/N=C(\NC(=O)OCc1ccccc1)N1CC(C[C@H]2C(=O)N[C@@H]2C(=O)OCc2ccccc2)C1)OCc1ccccc1. The molecular formula is C32H32N4O7. The number of ether oxygens (including phenoxy) is 3. The Morgan fingerprint density at radius 3 is 1.81 bits per heavy atom. The molecule has 11 heteroatoms. The minimum atomic E-state index is -0.870. The van der Waals surface area contributed by atoms with E-state index in [4.69, 9.17) is 14.2 Å². The monoisotopic (exact) mass is 584 g/mol. The zero-order valence-electron chi connectivity index (χ0n) is 23.4. The van der Waals surface area contributed by atoms with Gasteiger partial charge in [-0.2, -0.15) is 0 Å². The summed E-state index contributed by atoms with van der Waals surface area (Å²) in [7, 11) is 0. The van der Waals surface area contributed by atoms with Gasteiger partial charge in [0.1, 0.15) is 25.9 Å². The van der Waals surface area contributed by atoms with Crippen LogP contribution < -0.4 is 10.6 Å². The predicted molar refractivity (Wildman–Crippen MR) is 155 cm³/mol. The maximum atomic E-state index is 12.6. The van der Waals surface area contributed by atoms with Crippen molar-refractivity contribution in [3.05, 3.63) is 108 Å². The number of amides is 3. The zero-order chi connectivity index (χ0) is 30.0. The molecule has 43 heavy (non-hydrogen) atoms. The van der Waals surface area contributed by atoms with Crippen molar-refractivity contribution in [1.29, 1.82) is 0 Å². The number of nitrogens with one attached hydrogen (secondary N) is 2. The van der Waals surface area contributed by atoms with Crippen LogP contribution in [0.4, 0.5) is 9.59 Å². The highest BCUT2D eigenvalue weighted by Crippen LogP contribution is 2.30. The smallest absolute Gasteiger partial charge is 0.437 e. The van der Waals surface area contributed by atoms with Gasteiger partial charge in [-0.15, -0.1) is 4.99 Å². The average Bonchev–Trinajstić information content (AvgIpc) is 3.01. The number of esters is 1. The van der Waals surface area contributed by atoms with Crippen LogP contribution in [0.15, 0.2) is 96.0 Å². The number of hydrogen-bond acceptors (Lipinski definition) is 7. The Morgan fingerprint density at radius 2 is 1.28 bits per heavy atom. The molecule has 11 nitrogen and oxygen atoms in total. The molecule has 3 amide bonds. The molecule has 2 N–H and O–H groups in total. The molecule has 3 aromatic rings. The van der Waals surface area contributed by atoms with Crippen LogP contribution in [0.2, 0.25) is 0 Å². The maximum Gasteiger partial charge on any atom is 0.437 e. The third-order valence-corrected chi connectivity index (χ3v) is 7.19. The molecular weight excluding hydrogens is 552 g/mol. The molecule has 2 aliphatic heterocycles. The Bertz CT molecular complexity index is 1440. The molecule has 0 bridgehead atoms. The second kappa shape index (κ2) is 14.1. The van der Waals surface area contributed by atoms with Crippen molar-refractivity contribution < 1.29 is 33.4 Å². The van der Waals surface area contributed by atoms with Gasteiger partial charge in [0.05, 0.1) is 5.92 Å². The van der Waals surface area contributed by atoms with Crippen LogP contribution >= 0.6 is 0 Å². The molecule has 2 heterocycles. The van der Waals surface area contributed by atoms with E-state index < -0.39 is 30.1 Å². The number of hydrogen-bond donors (Lipinski definition) is 2. The lowest BCUT2D eigenvalue weighted by Gasteiger charge is -2.44. The van der Waals surface area contributed by atoms with Crippen molar-refractivity contribution in [3.63, 3.8) is 0 Å². The highest BCUT2D eigenvalue weighted by Gasteiger charge is 2.47. The average molecular weight is 585 g/mol. The third kappa shape index (κ3) is 8.19. The predicted octanol–water partition coefficient (Wildman–Crippen LogP) is 3.79. The van der Waals surface area contributed by atoms with E-state index in [1.54, 1.807) is 4.90 Å². The van der Waals surface area contributed by atoms with E-state index in [1.807, 2.05) is 91.0 Å². The summed E-state index contributed by atoms with van der Waals surface area (Å²) in [6, 6.07) is 26.9. The highest BCUT2D eigenvalue weighted by molar-refractivity contribution is 5.99. The van der Waals surface area contributed by atoms with Crippen LogP contribution in [-0.2, 0) is 43.6 Å². The van der Waals surface area contributed by atoms with Gasteiger partial charge < -0.3 is 24.4 Å². The number of nitrogens with zero attached hydrogens (tertiary/aromatic N) is 2. The fourth-order valence-electron chi connectivity index (χ4n) is 4.82. The molecule has 2 atom stereocenters. The third-order valence-electron chi connectivity index (χ3n) is 7.19. The number of β-lactam (4-membered cyclic amide) rings is 1. The Labute approximate surface area is 248 Å². The molecule has 3 aromatic carbocycles. The number of carbonyl (C=O) groups excluding carboxylic acids is 4. The van der Waals surface area contributed by atoms with Crippen LogP contribution in [0.1, 0.15) is 23.1 Å². The van der Waals surface area contributed by atoms with Crippen LogP contribution in [0.3, 0.4) is 0 Å². The van der Waals surface area contributed by atoms with Crippen molar-refractivity contribution in [3.8, 4) is 0 Å². The Balaban J connectivity index is 1.15. The van der Waals surface area contributed by atoms with Crippen molar-refractivity contribution >= 4 is 30.0 Å². The summed E-state index contributed by atoms with van der Waals surface area (Å²) in [6.07, 6.45) is -1.20. The first-order chi connectivity index (χ1) is 20.9. The van der Waals surface area contributed by atoms with Crippen molar-refractivity contribution in [1.82, 2.24) is 15.5 Å². The summed E-state index contributed by atoms with van der Waals surface area (Å²) in [5.41, 5.74) is 2.46. The number of carbonyl (C=O) groups is 4. The fourth-order valence-corrected chi connectivity index (χ4v) is 4.82. The molecule has 5 rings (SSSR count). The number of aliphatic imine (C=N–C) groups is 1. The van der Waals surface area contributed by atoms with Gasteiger partial charge >= 0.3 is 18.2 Å². The number of guanidine groups is 1. The first-order valence-corrected chi connectivity index (χ1v) is 14.0. The van der Waals surface area contributed by atoms with Crippen LogP contribution in [0.5, 0.6) is 0 Å². The molecule has 0 radical (unpaired) electrons. The zero-order valence-corrected chi connectivity index (χ0v) is 23.4. The first-order valence-electron chi connectivity index (χ1n) is 14.0. The molecule has 0 aromatic heterocycles. The van der Waals surface area contributed by atoms with Gasteiger partial charge in [0.2, 0.25) is 11.9 Å². The molecule has 0 spiro atoms. The Hall–Kier alpha value is -5.19. The van der Waals surface area contributed by atoms with Crippen LogP contribution in [0, 0.1) is 11.8 Å². The van der Waals surface area contributed by atoms with Gasteiger partial charge in [0, 0.05) is 13.1 Å². The molecule has 2 aliphatic rings. The van der Waals surface area contributed by atoms with E-state index in [0.717, 1.165) is 16.7 Å². The normalized spacial score (nSPS) is 18.0. The summed E-state index contributed by atoms with van der Waals surface area (Å²) in [5, 5.41) is 5.19. The summed E-state index contributed by atoms with van der Waals surface area (Å²) >= 11 is 0. The number of rotatable bonds is 9. The topological polar surface area (TPSA) is 136 Å². The minimum Gasteiger partial charge on any atom is -0.459 e. The maximum absolute atomic E-state index is 12.6. The van der Waals surface area contributed by atoms with Crippen molar-refractivity contribution in [2.75, 3.05) is 13.1 Å². The van der Waals surface area contributed by atoms with Gasteiger partial charge in [0.25, 0.3) is 0 Å². The minimum absolute atomic E-state index is 0.00995. The second-order valence-corrected chi connectivity index (χ2v) is 10.4. The molecule has 0 unspecified atom stereocenters. The van der Waals surface area contributed by atoms with E-state index in [1.165, 1.54) is 0 Å². The lowest BCUT2D eigenvalue weighted by molar-refractivity contribution is -0.159. The van der Waals surface area contributed by atoms with Crippen molar-refractivity contribution in [2.45, 2.75) is 32.3 Å². The lowest BCUT2D eigenvalue weighted by Crippen LogP contribution is -2.64. The number of alkyl carbamates (subject to hydrolysis) is 1. The van der Waals surface area contributed by atoms with Gasteiger partial charge in [-0.1, -0.05) is 91.0 Å². The molecule has 0 saturated carbocycles. The van der Waals surface area contributed by atoms with Gasteiger partial charge in [0.15, 0.2) is 0 Å². The summed E-state index contributed by atoms with van der Waals surface area (Å²) in [6.45, 7) is 0.997. The summed E-state index contributed by atoms with van der Waals surface area (Å²) < 4.78 is 16.0. The van der Waals surface area contributed by atoms with E-state index in [0.29, 0.717) is 19.5 Å². The molecule has 2 fully saturated rings. The standard InChI is InChI=1S/C32H32N4O7/c37-28-26(27(33-28)29(38)41-19-22-10-4-1-5-11-22)16-25-17-36(18-25)30(34-31(39)42-20-23-12-6-2-7-13-23)35-32(40)43-21-24-14-8-3-9-15-24/h1-15,25-27H,16-21H2,(H,33,37)(H,34,35,39,40)/t26-,27+/m1/s1. The van der Waals surface area contributed by atoms with Gasteiger partial charge in [-0.05, 0) is 29.0 Å². The van der Waals surface area contributed by atoms with Crippen molar-refractivity contribution in [2.24, 2.45) is 16.8 Å². The quantitative estimate of drug-likeness (QED) is 0.128. The lowest BCUT2D eigenvalue weighted by atomic mass is 9.80. The van der Waals surface area contributed by atoms with Gasteiger partial charge in [-0.3, -0.25) is 10.1 Å². The fraction of sp³-hybridized carbons (Fsp3) is 0.281. The van der Waals surface area contributed by atoms with E-state index in [2.05, 4.69) is 15.6 Å². The largest absolute Gasteiger partial charge is 0.459 e. The second-order valence-electron chi connectivity index (χ2n) is 10.4. The molecule has 2 saturated heterocycles. The summed E-state index contributed by atoms with van der Waals surface area (Å²) in [4.78, 5) is 55.7. The van der Waals surface area contributed by atoms with E-state index >= 15 is 0 Å². The number of benzene rings is 3. The molecule has 0 aliphatic carbocycles. The van der Waals surface area contributed by atoms with Crippen LogP contribution in [-0.4, -0.2) is 54.1 Å². The Kier molecular flexibility index (Phi) is 9.63. The number of likely N-dealkylation sites (tertiary alicyclic amines) is 1.